The quantitative estimate of drug-likeness (QED) is 0.158. The zero-order valence-electron chi connectivity index (χ0n) is 18.4. The molecule has 0 radical (unpaired) electrons. The van der Waals surface area contributed by atoms with Crippen molar-refractivity contribution in [3.8, 4) is 0 Å². The van der Waals surface area contributed by atoms with Crippen LogP contribution in [0.25, 0.3) is 0 Å². The smallest absolute Gasteiger partial charge is 0.270 e. The molecule has 34 heavy (non-hydrogen) atoms. The minimum Gasteiger partial charge on any atom is -0.347 e. The molecule has 0 bridgehead atoms. The SMILES string of the molecule is Cc1cc(CNC(=O)c2cc(C(=O)NC3CCc4cc(C(NN)NN)sc43)ncn2)ccc1F. The summed E-state index contributed by atoms with van der Waals surface area (Å²) in [5.41, 5.74) is 7.74. The molecule has 1 aromatic carbocycles. The highest BCUT2D eigenvalue weighted by atomic mass is 32.1. The number of hydrogen-bond donors (Lipinski definition) is 6. The van der Waals surface area contributed by atoms with Gasteiger partial charge in [0.25, 0.3) is 11.8 Å². The van der Waals surface area contributed by atoms with Gasteiger partial charge >= 0.3 is 0 Å². The van der Waals surface area contributed by atoms with Crippen LogP contribution in [0.5, 0.6) is 0 Å². The van der Waals surface area contributed by atoms with Crippen molar-refractivity contribution >= 4 is 23.2 Å². The molecular weight excluding hydrogens is 459 g/mol. The van der Waals surface area contributed by atoms with Crippen LogP contribution in [0.4, 0.5) is 4.39 Å². The van der Waals surface area contributed by atoms with E-state index in [4.69, 9.17) is 11.7 Å². The Hall–Kier alpha value is -3.29. The van der Waals surface area contributed by atoms with Gasteiger partial charge in [0.05, 0.1) is 6.04 Å². The third-order valence-electron chi connectivity index (χ3n) is 5.61. The lowest BCUT2D eigenvalue weighted by Gasteiger charge is -2.14. The fourth-order valence-electron chi connectivity index (χ4n) is 3.81. The predicted octanol–water partition coefficient (Wildman–Crippen LogP) is 1.26. The van der Waals surface area contributed by atoms with Crippen LogP contribution in [-0.4, -0.2) is 21.8 Å². The van der Waals surface area contributed by atoms with Gasteiger partial charge in [-0.2, -0.15) is 0 Å². The predicted molar refractivity (Wildman–Crippen MR) is 125 cm³/mol. The lowest BCUT2D eigenvalue weighted by Crippen LogP contribution is -2.41. The lowest BCUT2D eigenvalue weighted by atomic mass is 10.1. The number of aromatic nitrogens is 2. The second-order valence-electron chi connectivity index (χ2n) is 7.92. The standard InChI is InChI=1S/C22H25FN8O2S/c1-11-6-12(2-4-14(11)23)9-26-21(32)16-8-17(28-10-27-16)22(33)29-15-5-3-13-7-18(34-19(13)15)20(30-24)31-25/h2,4,6-8,10,15,20,30-31H,3,5,9,24-25H2,1H3,(H,26,32)(H,29,33). The summed E-state index contributed by atoms with van der Waals surface area (Å²) in [7, 11) is 0. The summed E-state index contributed by atoms with van der Waals surface area (Å²) in [4.78, 5) is 35.4. The second kappa shape index (κ2) is 10.3. The zero-order chi connectivity index (χ0) is 24.2. The second-order valence-corrected chi connectivity index (χ2v) is 9.04. The van der Waals surface area contributed by atoms with E-state index in [1.807, 2.05) is 6.07 Å². The van der Waals surface area contributed by atoms with Gasteiger partial charge in [0.1, 0.15) is 29.7 Å². The number of nitrogens with two attached hydrogens (primary N) is 2. The Morgan fingerprint density at radius 1 is 1.15 bits per heavy atom. The van der Waals surface area contributed by atoms with Gasteiger partial charge in [0, 0.05) is 22.4 Å². The van der Waals surface area contributed by atoms with Crippen molar-refractivity contribution in [2.24, 2.45) is 11.7 Å². The van der Waals surface area contributed by atoms with Crippen molar-refractivity contribution in [3.05, 3.63) is 80.3 Å². The number of halogens is 1. The summed E-state index contributed by atoms with van der Waals surface area (Å²) in [5.74, 6) is 9.86. The zero-order valence-corrected chi connectivity index (χ0v) is 19.2. The maximum Gasteiger partial charge on any atom is 0.270 e. The largest absolute Gasteiger partial charge is 0.347 e. The van der Waals surface area contributed by atoms with Gasteiger partial charge < -0.3 is 10.6 Å². The fourth-order valence-corrected chi connectivity index (χ4v) is 5.13. The number of nitrogens with zero attached hydrogens (tertiary/aromatic N) is 2. The molecular formula is C22H25FN8O2S. The van der Waals surface area contributed by atoms with Gasteiger partial charge in [-0.1, -0.05) is 12.1 Å². The number of hydrazine groups is 2. The van der Waals surface area contributed by atoms with E-state index in [2.05, 4.69) is 31.5 Å². The Labute approximate surface area is 199 Å². The van der Waals surface area contributed by atoms with Crippen LogP contribution in [-0.2, 0) is 13.0 Å². The van der Waals surface area contributed by atoms with E-state index in [1.54, 1.807) is 19.1 Å². The third kappa shape index (κ3) is 5.11. The number of rotatable bonds is 8. The van der Waals surface area contributed by atoms with E-state index in [9.17, 15) is 14.0 Å². The molecule has 0 saturated carbocycles. The van der Waals surface area contributed by atoms with Gasteiger partial charge in [0.15, 0.2) is 0 Å². The number of carbonyl (C=O) groups excluding carboxylic acids is 2. The van der Waals surface area contributed by atoms with Crippen LogP contribution >= 0.6 is 11.3 Å². The molecule has 0 spiro atoms. The molecule has 0 fully saturated rings. The molecule has 0 aliphatic heterocycles. The minimum absolute atomic E-state index is 0.0652. The monoisotopic (exact) mass is 484 g/mol. The van der Waals surface area contributed by atoms with E-state index in [0.717, 1.165) is 33.7 Å². The number of carbonyl (C=O) groups is 2. The molecule has 178 valence electrons. The maximum absolute atomic E-state index is 13.4. The van der Waals surface area contributed by atoms with E-state index < -0.39 is 11.8 Å². The maximum atomic E-state index is 13.4. The van der Waals surface area contributed by atoms with Crippen LogP contribution in [0, 0.1) is 12.7 Å². The van der Waals surface area contributed by atoms with E-state index in [1.165, 1.54) is 29.8 Å². The molecule has 10 nitrogen and oxygen atoms in total. The summed E-state index contributed by atoms with van der Waals surface area (Å²) < 4.78 is 13.4. The first-order valence-corrected chi connectivity index (χ1v) is 11.4. The average molecular weight is 485 g/mol. The molecule has 1 atom stereocenters. The van der Waals surface area contributed by atoms with Crippen molar-refractivity contribution < 1.29 is 14.0 Å². The minimum atomic E-state index is -0.459. The van der Waals surface area contributed by atoms with Gasteiger partial charge in [-0.3, -0.25) is 21.3 Å². The third-order valence-corrected chi connectivity index (χ3v) is 6.97. The first-order valence-electron chi connectivity index (χ1n) is 10.6. The Morgan fingerprint density at radius 3 is 2.59 bits per heavy atom. The number of fused-ring (bicyclic) bond motifs is 1. The molecule has 1 aliphatic rings. The Morgan fingerprint density at radius 2 is 1.88 bits per heavy atom. The summed E-state index contributed by atoms with van der Waals surface area (Å²) in [6.07, 6.45) is 2.38. The fraction of sp³-hybridized carbons (Fsp3) is 0.273. The molecule has 4 rings (SSSR count). The van der Waals surface area contributed by atoms with Crippen LogP contribution in [0.2, 0.25) is 0 Å². The number of aryl methyl sites for hydroxylation is 2. The Balaban J connectivity index is 1.40. The number of benzene rings is 1. The van der Waals surface area contributed by atoms with Gasteiger partial charge in [0.2, 0.25) is 0 Å². The highest BCUT2D eigenvalue weighted by molar-refractivity contribution is 7.12. The number of thiophene rings is 1. The number of hydrogen-bond acceptors (Lipinski definition) is 9. The molecule has 1 aliphatic carbocycles. The molecule has 3 aromatic rings. The number of amides is 2. The molecule has 12 heteroatoms. The molecule has 0 saturated heterocycles. The molecule has 1 unspecified atom stereocenters. The Kier molecular flexibility index (Phi) is 7.24. The number of nitrogens with one attached hydrogen (secondary N) is 4. The van der Waals surface area contributed by atoms with Crippen molar-refractivity contribution in [2.45, 2.75) is 38.5 Å². The molecule has 2 aromatic heterocycles. The first kappa shape index (κ1) is 23.9. The summed E-state index contributed by atoms with van der Waals surface area (Å²) in [6.45, 7) is 1.86. The van der Waals surface area contributed by atoms with Crippen LogP contribution in [0.15, 0.2) is 36.7 Å². The topological polar surface area (TPSA) is 160 Å². The highest BCUT2D eigenvalue weighted by Gasteiger charge is 2.29. The van der Waals surface area contributed by atoms with Crippen molar-refractivity contribution in [1.29, 1.82) is 0 Å². The molecule has 2 amide bonds. The van der Waals surface area contributed by atoms with Gasteiger partial charge in [-0.05, 0) is 48.6 Å². The highest BCUT2D eigenvalue weighted by Crippen LogP contribution is 2.39. The van der Waals surface area contributed by atoms with Crippen LogP contribution in [0.3, 0.4) is 0 Å². The van der Waals surface area contributed by atoms with E-state index >= 15 is 0 Å². The van der Waals surface area contributed by atoms with Gasteiger partial charge in [-0.25, -0.2) is 25.2 Å². The average Bonchev–Trinajstić information content (AvgIpc) is 3.42. The first-order chi connectivity index (χ1) is 16.4. The van der Waals surface area contributed by atoms with Crippen LogP contribution < -0.4 is 33.2 Å². The van der Waals surface area contributed by atoms with E-state index in [-0.39, 0.29) is 36.0 Å². The van der Waals surface area contributed by atoms with Crippen molar-refractivity contribution in [2.75, 3.05) is 0 Å². The summed E-state index contributed by atoms with van der Waals surface area (Å²) in [5, 5.41) is 5.71. The van der Waals surface area contributed by atoms with Crippen LogP contribution in [0.1, 0.15) is 66.1 Å². The van der Waals surface area contributed by atoms with Crippen molar-refractivity contribution in [1.82, 2.24) is 31.5 Å². The van der Waals surface area contributed by atoms with E-state index in [0.29, 0.717) is 5.56 Å². The lowest BCUT2D eigenvalue weighted by molar-refractivity contribution is 0.0932. The summed E-state index contributed by atoms with van der Waals surface area (Å²) in [6, 6.07) is 7.81. The summed E-state index contributed by atoms with van der Waals surface area (Å²) >= 11 is 1.52. The molecule has 2 heterocycles. The molecule has 8 N–H and O–H groups in total. The normalized spacial score (nSPS) is 14.8. The Bertz CT molecular complexity index is 1210. The van der Waals surface area contributed by atoms with Gasteiger partial charge in [-0.15, -0.1) is 11.3 Å². The van der Waals surface area contributed by atoms with Crippen molar-refractivity contribution in [3.63, 3.8) is 0 Å².